The Hall–Kier alpha value is -3.35. The van der Waals surface area contributed by atoms with E-state index >= 15 is 0 Å². The topological polar surface area (TPSA) is 105 Å². The van der Waals surface area contributed by atoms with Gasteiger partial charge in [0.1, 0.15) is 12.6 Å². The van der Waals surface area contributed by atoms with Crippen LogP contribution < -0.4 is 10.6 Å². The molecule has 188 valence electrons. The number of carbonyl (C=O) groups is 3. The zero-order valence-electron chi connectivity index (χ0n) is 21.1. The van der Waals surface area contributed by atoms with Crippen molar-refractivity contribution in [3.63, 3.8) is 0 Å². The first kappa shape index (κ1) is 26.3. The summed E-state index contributed by atoms with van der Waals surface area (Å²) < 4.78 is 5.68. The molecule has 0 spiro atoms. The highest BCUT2D eigenvalue weighted by atomic mass is 16.5. The minimum absolute atomic E-state index is 0.0627. The molecule has 0 saturated heterocycles. The summed E-state index contributed by atoms with van der Waals surface area (Å²) in [6.07, 6.45) is 0.363. The lowest BCUT2D eigenvalue weighted by Gasteiger charge is -2.36. The Labute approximate surface area is 207 Å². The zero-order chi connectivity index (χ0) is 25.8. The number of aliphatic carboxylic acids is 1. The highest BCUT2D eigenvalue weighted by molar-refractivity contribution is 5.88. The van der Waals surface area contributed by atoms with Crippen LogP contribution in [0.25, 0.3) is 11.1 Å². The molecule has 3 rings (SSSR count). The number of benzene rings is 2. The summed E-state index contributed by atoms with van der Waals surface area (Å²) in [6.45, 7) is 9.27. The lowest BCUT2D eigenvalue weighted by atomic mass is 9.77. The molecule has 7 nitrogen and oxygen atoms in total. The van der Waals surface area contributed by atoms with Gasteiger partial charge in [0.15, 0.2) is 0 Å². The van der Waals surface area contributed by atoms with Gasteiger partial charge in [-0.15, -0.1) is 0 Å². The van der Waals surface area contributed by atoms with Crippen LogP contribution in [0, 0.1) is 11.3 Å². The van der Waals surface area contributed by atoms with E-state index in [1.54, 1.807) is 13.8 Å². The Morgan fingerprint density at radius 1 is 0.971 bits per heavy atom. The number of amides is 2. The second-order valence-corrected chi connectivity index (χ2v) is 10.1. The first-order valence-electron chi connectivity index (χ1n) is 12.2. The number of hydrogen-bond acceptors (Lipinski definition) is 4. The van der Waals surface area contributed by atoms with Gasteiger partial charge in [0.2, 0.25) is 5.91 Å². The Bertz CT molecular complexity index is 1030. The molecule has 1 aliphatic carbocycles. The highest BCUT2D eigenvalue weighted by Crippen LogP contribution is 2.44. The Kier molecular flexibility index (Phi) is 8.20. The van der Waals surface area contributed by atoms with Gasteiger partial charge < -0.3 is 20.5 Å². The predicted octanol–water partition coefficient (Wildman–Crippen LogP) is 4.95. The smallest absolute Gasteiger partial charge is 0.407 e. The van der Waals surface area contributed by atoms with Gasteiger partial charge in [-0.25, -0.2) is 9.59 Å². The fourth-order valence-corrected chi connectivity index (χ4v) is 4.98. The van der Waals surface area contributed by atoms with Crippen molar-refractivity contribution in [1.82, 2.24) is 10.6 Å². The van der Waals surface area contributed by atoms with E-state index in [0.717, 1.165) is 22.3 Å². The lowest BCUT2D eigenvalue weighted by molar-refractivity contribution is -0.144. The first-order chi connectivity index (χ1) is 16.6. The van der Waals surface area contributed by atoms with Crippen LogP contribution in [0.3, 0.4) is 0 Å². The monoisotopic (exact) mass is 480 g/mol. The van der Waals surface area contributed by atoms with Gasteiger partial charge in [0, 0.05) is 12.0 Å². The summed E-state index contributed by atoms with van der Waals surface area (Å²) >= 11 is 0. The van der Waals surface area contributed by atoms with Crippen LogP contribution >= 0.6 is 0 Å². The van der Waals surface area contributed by atoms with Crippen molar-refractivity contribution in [2.75, 3.05) is 6.61 Å². The summed E-state index contributed by atoms with van der Waals surface area (Å²) in [5.41, 5.74) is 3.49. The molecule has 1 aliphatic rings. The Morgan fingerprint density at radius 2 is 1.51 bits per heavy atom. The van der Waals surface area contributed by atoms with E-state index in [1.165, 1.54) is 0 Å². The third-order valence-corrected chi connectivity index (χ3v) is 6.83. The minimum Gasteiger partial charge on any atom is -0.480 e. The van der Waals surface area contributed by atoms with Crippen molar-refractivity contribution in [3.05, 3.63) is 59.7 Å². The van der Waals surface area contributed by atoms with Gasteiger partial charge in [-0.1, -0.05) is 75.7 Å². The van der Waals surface area contributed by atoms with Crippen LogP contribution in [-0.4, -0.2) is 41.8 Å². The number of carboxylic acid groups (broad SMARTS) is 1. The van der Waals surface area contributed by atoms with E-state index in [-0.39, 0.29) is 18.4 Å². The average molecular weight is 481 g/mol. The van der Waals surface area contributed by atoms with Gasteiger partial charge in [0.25, 0.3) is 0 Å². The Morgan fingerprint density at radius 3 is 2.00 bits per heavy atom. The molecule has 0 bridgehead atoms. The molecule has 2 aromatic carbocycles. The molecule has 0 aromatic heterocycles. The maximum atomic E-state index is 13.1. The standard InChI is InChI=1S/C28H36N2O5/c1-6-11-23(25(31)32)29-26(33)28(4,5)24(17(2)3)30-27(34)35-16-22-20-14-9-7-12-18(20)19-13-8-10-15-21(19)22/h7-10,12-15,17,22-24H,6,11,16H2,1-5H3,(H,29,33)(H,30,34)(H,31,32)/t23-,24?/m0/s1. The minimum atomic E-state index is -1.07. The van der Waals surface area contributed by atoms with Gasteiger partial charge >= 0.3 is 12.1 Å². The van der Waals surface area contributed by atoms with Crippen LogP contribution in [0.2, 0.25) is 0 Å². The molecule has 2 atom stereocenters. The van der Waals surface area contributed by atoms with Crippen LogP contribution in [0.15, 0.2) is 48.5 Å². The van der Waals surface area contributed by atoms with Crippen molar-refractivity contribution in [3.8, 4) is 11.1 Å². The molecule has 2 aromatic rings. The molecular weight excluding hydrogens is 444 g/mol. The molecule has 2 amide bonds. The number of nitrogens with one attached hydrogen (secondary N) is 2. The van der Waals surface area contributed by atoms with Crippen molar-refractivity contribution in [2.24, 2.45) is 11.3 Å². The molecule has 0 heterocycles. The van der Waals surface area contributed by atoms with E-state index in [9.17, 15) is 19.5 Å². The van der Waals surface area contributed by atoms with E-state index < -0.39 is 35.5 Å². The average Bonchev–Trinajstić information content (AvgIpc) is 3.14. The number of rotatable bonds is 10. The quantitative estimate of drug-likeness (QED) is 0.447. The molecule has 1 unspecified atom stereocenters. The second kappa shape index (κ2) is 10.9. The molecule has 0 aliphatic heterocycles. The first-order valence-corrected chi connectivity index (χ1v) is 12.2. The largest absolute Gasteiger partial charge is 0.480 e. The highest BCUT2D eigenvalue weighted by Gasteiger charge is 2.41. The van der Waals surface area contributed by atoms with Crippen molar-refractivity contribution >= 4 is 18.0 Å². The van der Waals surface area contributed by atoms with Crippen LogP contribution in [-0.2, 0) is 14.3 Å². The normalized spacial score (nSPS) is 14.6. The molecule has 7 heteroatoms. The van der Waals surface area contributed by atoms with Crippen molar-refractivity contribution in [1.29, 1.82) is 0 Å². The Balaban J connectivity index is 1.69. The number of carbonyl (C=O) groups excluding carboxylic acids is 2. The summed E-state index contributed by atoms with van der Waals surface area (Å²) in [6, 6.07) is 14.7. The molecule has 0 saturated carbocycles. The summed E-state index contributed by atoms with van der Waals surface area (Å²) in [5.74, 6) is -1.64. The van der Waals surface area contributed by atoms with Crippen molar-refractivity contribution in [2.45, 2.75) is 65.5 Å². The second-order valence-electron chi connectivity index (χ2n) is 10.1. The number of fused-ring (bicyclic) bond motifs is 3. The number of hydrogen-bond donors (Lipinski definition) is 3. The number of carboxylic acids is 1. The fourth-order valence-electron chi connectivity index (χ4n) is 4.98. The van der Waals surface area contributed by atoms with E-state index in [1.807, 2.05) is 45.0 Å². The SMILES string of the molecule is CCC[C@H](NC(=O)C(C)(C)C(NC(=O)OCC1c2ccccc2-c2ccccc21)C(C)C)C(=O)O. The summed E-state index contributed by atoms with van der Waals surface area (Å²) in [4.78, 5) is 37.5. The predicted molar refractivity (Wildman–Crippen MR) is 135 cm³/mol. The van der Waals surface area contributed by atoms with Gasteiger partial charge in [-0.2, -0.15) is 0 Å². The van der Waals surface area contributed by atoms with Crippen molar-refractivity contribution < 1.29 is 24.2 Å². The summed E-state index contributed by atoms with van der Waals surface area (Å²) in [5, 5.41) is 14.9. The van der Waals surface area contributed by atoms with E-state index in [0.29, 0.717) is 12.8 Å². The lowest BCUT2D eigenvalue weighted by Crippen LogP contribution is -2.57. The number of alkyl carbamates (subject to hydrolysis) is 1. The van der Waals surface area contributed by atoms with Gasteiger partial charge in [-0.3, -0.25) is 4.79 Å². The molecule has 35 heavy (non-hydrogen) atoms. The van der Waals surface area contributed by atoms with Crippen LogP contribution in [0.1, 0.15) is 64.5 Å². The van der Waals surface area contributed by atoms with Crippen LogP contribution in [0.5, 0.6) is 0 Å². The third kappa shape index (κ3) is 5.66. The molecule has 0 fully saturated rings. The maximum Gasteiger partial charge on any atom is 0.407 e. The molecule has 3 N–H and O–H groups in total. The van der Waals surface area contributed by atoms with Crippen LogP contribution in [0.4, 0.5) is 4.79 Å². The number of ether oxygens (including phenoxy) is 1. The molecular formula is C28H36N2O5. The van der Waals surface area contributed by atoms with Gasteiger partial charge in [0.05, 0.1) is 5.41 Å². The molecule has 0 radical (unpaired) electrons. The maximum absolute atomic E-state index is 13.1. The third-order valence-electron chi connectivity index (χ3n) is 6.83. The van der Waals surface area contributed by atoms with E-state index in [4.69, 9.17) is 4.74 Å². The zero-order valence-corrected chi connectivity index (χ0v) is 21.1. The summed E-state index contributed by atoms with van der Waals surface area (Å²) in [7, 11) is 0. The van der Waals surface area contributed by atoms with E-state index in [2.05, 4.69) is 34.9 Å². The van der Waals surface area contributed by atoms with Gasteiger partial charge in [-0.05, 0) is 48.4 Å². The fraction of sp³-hybridized carbons (Fsp3) is 0.464.